The number of nitrogens with one attached hydrogen (secondary N) is 1. The van der Waals surface area contributed by atoms with Crippen LogP contribution in [-0.4, -0.2) is 18.7 Å². The van der Waals surface area contributed by atoms with Crippen molar-refractivity contribution in [1.82, 2.24) is 5.32 Å². The molecule has 0 bridgehead atoms. The predicted octanol–water partition coefficient (Wildman–Crippen LogP) is 2.47. The quantitative estimate of drug-likeness (QED) is 0.832. The first-order valence-electron chi connectivity index (χ1n) is 6.17. The topological polar surface area (TPSA) is 46.2 Å². The molecular weight excluding hydrogens is 238 g/mol. The van der Waals surface area contributed by atoms with Gasteiger partial charge in [0.2, 0.25) is 0 Å². The Hall–Kier alpha value is -2.42. The molecule has 0 radical (unpaired) electrons. The van der Waals surface area contributed by atoms with Gasteiger partial charge in [-0.3, -0.25) is 9.59 Å². The Morgan fingerprint density at radius 1 is 1.00 bits per heavy atom. The van der Waals surface area contributed by atoms with Crippen molar-refractivity contribution in [1.29, 1.82) is 0 Å². The van der Waals surface area contributed by atoms with E-state index in [-0.39, 0.29) is 5.91 Å². The Kier molecular flexibility index (Phi) is 4.45. The van der Waals surface area contributed by atoms with Crippen molar-refractivity contribution in [3.05, 3.63) is 71.3 Å². The molecule has 0 aliphatic carbocycles. The van der Waals surface area contributed by atoms with Crippen molar-refractivity contribution in [3.63, 3.8) is 0 Å². The lowest BCUT2D eigenvalue weighted by molar-refractivity contribution is 0.0953. The van der Waals surface area contributed by atoms with E-state index in [9.17, 15) is 9.59 Å². The van der Waals surface area contributed by atoms with Gasteiger partial charge >= 0.3 is 0 Å². The Morgan fingerprint density at radius 2 is 1.68 bits per heavy atom. The molecule has 2 aromatic rings. The second-order valence-electron chi connectivity index (χ2n) is 4.23. The van der Waals surface area contributed by atoms with Crippen LogP contribution in [-0.2, 0) is 6.42 Å². The van der Waals surface area contributed by atoms with Gasteiger partial charge in [0.15, 0.2) is 0 Å². The van der Waals surface area contributed by atoms with Crippen molar-refractivity contribution in [2.75, 3.05) is 6.54 Å². The fourth-order valence-corrected chi connectivity index (χ4v) is 1.78. The zero-order valence-electron chi connectivity index (χ0n) is 10.5. The van der Waals surface area contributed by atoms with Crippen LogP contribution in [0.1, 0.15) is 26.3 Å². The Morgan fingerprint density at radius 3 is 2.32 bits per heavy atom. The summed E-state index contributed by atoms with van der Waals surface area (Å²) in [4.78, 5) is 22.4. The lowest BCUT2D eigenvalue weighted by Crippen LogP contribution is -2.25. The molecule has 0 unspecified atom stereocenters. The fourth-order valence-electron chi connectivity index (χ4n) is 1.78. The van der Waals surface area contributed by atoms with E-state index in [1.807, 2.05) is 30.3 Å². The first-order chi connectivity index (χ1) is 9.29. The van der Waals surface area contributed by atoms with Gasteiger partial charge in [0.1, 0.15) is 6.29 Å². The molecule has 0 fully saturated rings. The molecule has 0 saturated heterocycles. The molecule has 1 N–H and O–H groups in total. The van der Waals surface area contributed by atoms with Gasteiger partial charge in [-0.25, -0.2) is 0 Å². The van der Waals surface area contributed by atoms with E-state index in [4.69, 9.17) is 0 Å². The van der Waals surface area contributed by atoms with E-state index < -0.39 is 0 Å². The molecule has 2 rings (SSSR count). The number of carbonyl (C=O) groups is 2. The fraction of sp³-hybridized carbons (Fsp3) is 0.125. The Bertz CT molecular complexity index is 547. The van der Waals surface area contributed by atoms with Gasteiger partial charge in [0, 0.05) is 17.7 Å². The van der Waals surface area contributed by atoms with E-state index in [2.05, 4.69) is 5.32 Å². The molecular formula is C16H15NO2. The summed E-state index contributed by atoms with van der Waals surface area (Å²) in [7, 11) is 0. The largest absolute Gasteiger partial charge is 0.352 e. The molecule has 2 aromatic carbocycles. The highest BCUT2D eigenvalue weighted by Gasteiger charge is 2.04. The minimum absolute atomic E-state index is 0.117. The number of aldehydes is 1. The molecule has 0 aliphatic heterocycles. The first kappa shape index (κ1) is 13.0. The summed E-state index contributed by atoms with van der Waals surface area (Å²) >= 11 is 0. The molecule has 0 aliphatic rings. The van der Waals surface area contributed by atoms with Gasteiger partial charge in [0.05, 0.1) is 0 Å². The average molecular weight is 253 g/mol. The van der Waals surface area contributed by atoms with Gasteiger partial charge in [-0.1, -0.05) is 42.5 Å². The second-order valence-corrected chi connectivity index (χ2v) is 4.23. The SMILES string of the molecule is O=Cc1ccc(C(=O)NCCc2ccccc2)cc1. The summed E-state index contributed by atoms with van der Waals surface area (Å²) in [6.07, 6.45) is 1.57. The number of carbonyl (C=O) groups excluding carboxylic acids is 2. The van der Waals surface area contributed by atoms with Crippen LogP contribution < -0.4 is 5.32 Å². The van der Waals surface area contributed by atoms with E-state index in [1.54, 1.807) is 24.3 Å². The van der Waals surface area contributed by atoms with Crippen LogP contribution in [0.25, 0.3) is 0 Å². The zero-order chi connectivity index (χ0) is 13.5. The van der Waals surface area contributed by atoms with Gasteiger partial charge in [0.25, 0.3) is 5.91 Å². The Labute approximate surface area is 112 Å². The van der Waals surface area contributed by atoms with E-state index in [1.165, 1.54) is 5.56 Å². The van der Waals surface area contributed by atoms with E-state index in [0.29, 0.717) is 17.7 Å². The third-order valence-corrected chi connectivity index (χ3v) is 2.85. The maximum absolute atomic E-state index is 11.8. The standard InChI is InChI=1S/C16H15NO2/c18-12-14-6-8-15(9-7-14)16(19)17-11-10-13-4-2-1-3-5-13/h1-9,12H,10-11H2,(H,17,19). The third-order valence-electron chi connectivity index (χ3n) is 2.85. The smallest absolute Gasteiger partial charge is 0.251 e. The van der Waals surface area contributed by atoms with Crippen molar-refractivity contribution < 1.29 is 9.59 Å². The third kappa shape index (κ3) is 3.78. The summed E-state index contributed by atoms with van der Waals surface area (Å²) < 4.78 is 0. The van der Waals surface area contributed by atoms with Crippen LogP contribution in [0.2, 0.25) is 0 Å². The van der Waals surface area contributed by atoms with Crippen molar-refractivity contribution in [2.24, 2.45) is 0 Å². The van der Waals surface area contributed by atoms with Crippen LogP contribution in [0.3, 0.4) is 0 Å². The van der Waals surface area contributed by atoms with E-state index >= 15 is 0 Å². The zero-order valence-corrected chi connectivity index (χ0v) is 10.5. The highest BCUT2D eigenvalue weighted by Crippen LogP contribution is 2.03. The minimum atomic E-state index is -0.117. The summed E-state index contributed by atoms with van der Waals surface area (Å²) in [6, 6.07) is 16.6. The monoisotopic (exact) mass is 253 g/mol. The molecule has 96 valence electrons. The number of rotatable bonds is 5. The molecule has 0 aromatic heterocycles. The lowest BCUT2D eigenvalue weighted by atomic mass is 10.1. The molecule has 3 heteroatoms. The van der Waals surface area contributed by atoms with Crippen LogP contribution in [0.5, 0.6) is 0 Å². The molecule has 0 atom stereocenters. The normalized spacial score (nSPS) is 9.89. The first-order valence-corrected chi connectivity index (χ1v) is 6.17. The van der Waals surface area contributed by atoms with Gasteiger partial charge in [-0.05, 0) is 24.1 Å². The van der Waals surface area contributed by atoms with Crippen molar-refractivity contribution >= 4 is 12.2 Å². The second kappa shape index (κ2) is 6.50. The molecule has 0 saturated carbocycles. The molecule has 1 amide bonds. The van der Waals surface area contributed by atoms with Crippen LogP contribution in [0, 0.1) is 0 Å². The summed E-state index contributed by atoms with van der Waals surface area (Å²) in [5.41, 5.74) is 2.33. The minimum Gasteiger partial charge on any atom is -0.352 e. The van der Waals surface area contributed by atoms with Gasteiger partial charge in [-0.2, -0.15) is 0 Å². The van der Waals surface area contributed by atoms with E-state index in [0.717, 1.165) is 12.7 Å². The summed E-state index contributed by atoms with van der Waals surface area (Å²) in [5.74, 6) is -0.117. The summed E-state index contributed by atoms with van der Waals surface area (Å²) in [5, 5.41) is 2.86. The highest BCUT2D eigenvalue weighted by molar-refractivity contribution is 5.94. The number of benzene rings is 2. The van der Waals surface area contributed by atoms with Crippen molar-refractivity contribution in [2.45, 2.75) is 6.42 Å². The molecule has 19 heavy (non-hydrogen) atoms. The summed E-state index contributed by atoms with van der Waals surface area (Å²) in [6.45, 7) is 0.596. The van der Waals surface area contributed by atoms with Gasteiger partial charge in [-0.15, -0.1) is 0 Å². The van der Waals surface area contributed by atoms with Crippen LogP contribution >= 0.6 is 0 Å². The van der Waals surface area contributed by atoms with Crippen LogP contribution in [0.15, 0.2) is 54.6 Å². The number of hydrogen-bond donors (Lipinski definition) is 1. The maximum atomic E-state index is 11.8. The lowest BCUT2D eigenvalue weighted by Gasteiger charge is -2.05. The predicted molar refractivity (Wildman–Crippen MR) is 74.3 cm³/mol. The molecule has 3 nitrogen and oxygen atoms in total. The molecule has 0 spiro atoms. The average Bonchev–Trinajstić information content (AvgIpc) is 2.48. The van der Waals surface area contributed by atoms with Crippen LogP contribution in [0.4, 0.5) is 0 Å². The number of hydrogen-bond acceptors (Lipinski definition) is 2. The Balaban J connectivity index is 1.85. The highest BCUT2D eigenvalue weighted by atomic mass is 16.1. The maximum Gasteiger partial charge on any atom is 0.251 e. The molecule has 0 heterocycles. The van der Waals surface area contributed by atoms with Crippen molar-refractivity contribution in [3.8, 4) is 0 Å². The number of amides is 1. The van der Waals surface area contributed by atoms with Gasteiger partial charge < -0.3 is 5.32 Å².